The summed E-state index contributed by atoms with van der Waals surface area (Å²) in [6, 6.07) is 3.77. The molecule has 2 aliphatic heterocycles. The van der Waals surface area contributed by atoms with E-state index in [4.69, 9.17) is 4.74 Å². The van der Waals surface area contributed by atoms with E-state index in [1.807, 2.05) is 11.0 Å². The number of aromatic nitrogens is 1. The van der Waals surface area contributed by atoms with Crippen LogP contribution in [-0.4, -0.2) is 52.7 Å². The highest BCUT2D eigenvalue weighted by atomic mass is 16.5. The van der Waals surface area contributed by atoms with Crippen molar-refractivity contribution in [2.24, 2.45) is 11.8 Å². The van der Waals surface area contributed by atoms with Crippen LogP contribution >= 0.6 is 0 Å². The molecule has 2 atom stereocenters. The first-order chi connectivity index (χ1) is 12.3. The number of ether oxygens (including phenoxy) is 1. The minimum absolute atomic E-state index is 0.00882. The first-order valence-electron chi connectivity index (χ1n) is 9.37. The van der Waals surface area contributed by atoms with Crippen LogP contribution in [0.15, 0.2) is 18.3 Å². The van der Waals surface area contributed by atoms with E-state index >= 15 is 0 Å². The molecule has 0 radical (unpaired) electrons. The van der Waals surface area contributed by atoms with Crippen molar-refractivity contribution < 1.29 is 19.4 Å². The van der Waals surface area contributed by atoms with E-state index < -0.39 is 11.9 Å². The van der Waals surface area contributed by atoms with Crippen LogP contribution in [-0.2, 0) is 14.9 Å². The molecule has 2 aliphatic rings. The number of carbonyl (C=O) groups excluding carboxylic acids is 1. The molecule has 3 heterocycles. The molecule has 1 N–H and O–H groups in total. The van der Waals surface area contributed by atoms with Crippen molar-refractivity contribution in [3.05, 3.63) is 29.6 Å². The zero-order chi connectivity index (χ0) is 18.9. The van der Waals surface area contributed by atoms with Crippen LogP contribution in [0.25, 0.3) is 0 Å². The van der Waals surface area contributed by atoms with Crippen LogP contribution in [0.2, 0.25) is 0 Å². The summed E-state index contributed by atoms with van der Waals surface area (Å²) in [6.45, 7) is 8.12. The summed E-state index contributed by atoms with van der Waals surface area (Å²) in [7, 11) is 0. The Hall–Kier alpha value is -1.95. The summed E-state index contributed by atoms with van der Waals surface area (Å²) in [5.41, 5.74) is 1.58. The zero-order valence-electron chi connectivity index (χ0n) is 15.8. The molecule has 0 saturated carbocycles. The summed E-state index contributed by atoms with van der Waals surface area (Å²) in [5.74, 6) is -1.02. The molecule has 1 unspecified atom stereocenters. The minimum Gasteiger partial charge on any atom is -0.481 e. The van der Waals surface area contributed by atoms with Gasteiger partial charge in [-0.15, -0.1) is 0 Å². The fourth-order valence-electron chi connectivity index (χ4n) is 3.90. The average molecular weight is 360 g/mol. The fraction of sp³-hybridized carbons (Fsp3) is 0.650. The molecular formula is C20H28N2O4. The number of carbonyl (C=O) groups is 2. The second-order valence-electron chi connectivity index (χ2n) is 8.38. The largest absolute Gasteiger partial charge is 0.481 e. The Bertz CT molecular complexity index is 657. The number of carboxylic acid groups (broad SMARTS) is 1. The Morgan fingerprint density at radius 2 is 1.88 bits per heavy atom. The number of pyridine rings is 1. The lowest BCUT2D eigenvalue weighted by Crippen LogP contribution is -2.43. The van der Waals surface area contributed by atoms with E-state index in [1.54, 1.807) is 12.3 Å². The molecule has 6 nitrogen and oxygen atoms in total. The van der Waals surface area contributed by atoms with Crippen LogP contribution in [0.5, 0.6) is 0 Å². The molecule has 0 spiro atoms. The molecule has 0 aromatic carbocycles. The van der Waals surface area contributed by atoms with Gasteiger partial charge in [-0.2, -0.15) is 0 Å². The third-order valence-corrected chi connectivity index (χ3v) is 5.59. The van der Waals surface area contributed by atoms with Gasteiger partial charge in [-0.05, 0) is 42.2 Å². The predicted molar refractivity (Wildman–Crippen MR) is 97.0 cm³/mol. The number of hydrogen-bond donors (Lipinski definition) is 1. The van der Waals surface area contributed by atoms with Gasteiger partial charge in [0, 0.05) is 25.9 Å². The number of aliphatic carboxylic acids is 1. The van der Waals surface area contributed by atoms with Gasteiger partial charge in [-0.3, -0.25) is 14.6 Å². The number of piperidine rings is 1. The lowest BCUT2D eigenvalue weighted by molar-refractivity contribution is -0.145. The molecule has 0 aliphatic carbocycles. The van der Waals surface area contributed by atoms with Crippen LogP contribution in [0.1, 0.15) is 56.1 Å². The quantitative estimate of drug-likeness (QED) is 0.896. The van der Waals surface area contributed by atoms with E-state index in [0.717, 1.165) is 18.4 Å². The Morgan fingerprint density at radius 1 is 1.19 bits per heavy atom. The van der Waals surface area contributed by atoms with Crippen LogP contribution in [0.4, 0.5) is 0 Å². The summed E-state index contributed by atoms with van der Waals surface area (Å²) in [5, 5.41) is 9.33. The van der Waals surface area contributed by atoms with Crippen LogP contribution in [0.3, 0.4) is 0 Å². The molecular weight excluding hydrogens is 332 g/mol. The average Bonchev–Trinajstić information content (AvgIpc) is 3.11. The van der Waals surface area contributed by atoms with Crippen molar-refractivity contribution in [3.8, 4) is 0 Å². The third kappa shape index (κ3) is 3.90. The van der Waals surface area contributed by atoms with Gasteiger partial charge in [-0.1, -0.05) is 26.8 Å². The molecule has 6 heteroatoms. The fourth-order valence-corrected chi connectivity index (χ4v) is 3.90. The molecule has 26 heavy (non-hydrogen) atoms. The molecule has 1 amide bonds. The molecule has 0 bridgehead atoms. The molecule has 2 saturated heterocycles. The maximum Gasteiger partial charge on any atom is 0.309 e. The van der Waals surface area contributed by atoms with Gasteiger partial charge < -0.3 is 14.7 Å². The van der Waals surface area contributed by atoms with Crippen molar-refractivity contribution >= 4 is 11.9 Å². The van der Waals surface area contributed by atoms with Gasteiger partial charge in [0.1, 0.15) is 5.69 Å². The lowest BCUT2D eigenvalue weighted by Gasteiger charge is -2.35. The predicted octanol–water partition coefficient (Wildman–Crippen LogP) is 2.72. The minimum atomic E-state index is -0.769. The second kappa shape index (κ2) is 7.35. The highest BCUT2D eigenvalue weighted by molar-refractivity contribution is 5.92. The highest BCUT2D eigenvalue weighted by Gasteiger charge is 2.40. The standard InChI is InChI=1S/C20H28N2O4/c1-20(2,3)14-4-5-16(21-12-14)18(23)22-9-6-13(7-10-22)17-15(19(24)25)8-11-26-17/h4-5,12-13,15,17H,6-11H2,1-3H3,(H,24,25)/t15?,17-/m0/s1. The van der Waals surface area contributed by atoms with E-state index in [1.165, 1.54) is 0 Å². The maximum absolute atomic E-state index is 12.7. The Kier molecular flexibility index (Phi) is 5.32. The Labute approximate surface area is 154 Å². The molecule has 142 valence electrons. The first-order valence-corrected chi connectivity index (χ1v) is 9.37. The maximum atomic E-state index is 12.7. The van der Waals surface area contributed by atoms with Gasteiger partial charge in [0.05, 0.1) is 12.0 Å². The van der Waals surface area contributed by atoms with Gasteiger partial charge in [0.15, 0.2) is 0 Å². The first kappa shape index (κ1) is 18.8. The number of rotatable bonds is 3. The summed E-state index contributed by atoms with van der Waals surface area (Å²) in [6.07, 6.45) is 3.71. The van der Waals surface area contributed by atoms with Crippen molar-refractivity contribution in [2.45, 2.75) is 51.6 Å². The number of likely N-dealkylation sites (tertiary alicyclic amines) is 1. The topological polar surface area (TPSA) is 79.7 Å². The second-order valence-corrected chi connectivity index (χ2v) is 8.38. The van der Waals surface area contributed by atoms with E-state index in [9.17, 15) is 14.7 Å². The van der Waals surface area contributed by atoms with Gasteiger partial charge in [0.25, 0.3) is 5.91 Å². The Morgan fingerprint density at radius 3 is 2.42 bits per heavy atom. The Balaban J connectivity index is 1.59. The lowest BCUT2D eigenvalue weighted by atomic mass is 9.84. The summed E-state index contributed by atoms with van der Waals surface area (Å²) >= 11 is 0. The van der Waals surface area contributed by atoms with E-state index in [2.05, 4.69) is 25.8 Å². The smallest absolute Gasteiger partial charge is 0.309 e. The monoisotopic (exact) mass is 360 g/mol. The van der Waals surface area contributed by atoms with Crippen LogP contribution < -0.4 is 0 Å². The SMILES string of the molecule is CC(C)(C)c1ccc(C(=O)N2CCC([C@@H]3OCCC3C(=O)O)CC2)nc1. The number of hydrogen-bond acceptors (Lipinski definition) is 4. The summed E-state index contributed by atoms with van der Waals surface area (Å²) < 4.78 is 5.70. The van der Waals surface area contributed by atoms with Crippen molar-refractivity contribution in [1.82, 2.24) is 9.88 Å². The van der Waals surface area contributed by atoms with Gasteiger partial charge in [0.2, 0.25) is 0 Å². The normalized spacial score (nSPS) is 24.7. The number of nitrogens with zero attached hydrogens (tertiary/aromatic N) is 2. The zero-order valence-corrected chi connectivity index (χ0v) is 15.8. The van der Waals surface area contributed by atoms with Gasteiger partial charge >= 0.3 is 5.97 Å². The molecule has 1 aromatic rings. The van der Waals surface area contributed by atoms with E-state index in [-0.39, 0.29) is 23.3 Å². The van der Waals surface area contributed by atoms with Gasteiger partial charge in [-0.25, -0.2) is 0 Å². The number of carboxylic acids is 1. The summed E-state index contributed by atoms with van der Waals surface area (Å²) in [4.78, 5) is 30.2. The van der Waals surface area contributed by atoms with Crippen molar-refractivity contribution in [3.63, 3.8) is 0 Å². The highest BCUT2D eigenvalue weighted by Crippen LogP contribution is 2.33. The molecule has 3 rings (SSSR count). The van der Waals surface area contributed by atoms with Crippen molar-refractivity contribution in [1.29, 1.82) is 0 Å². The van der Waals surface area contributed by atoms with E-state index in [0.29, 0.717) is 31.8 Å². The van der Waals surface area contributed by atoms with Crippen LogP contribution in [0, 0.1) is 11.8 Å². The molecule has 2 fully saturated rings. The number of amides is 1. The molecule has 1 aromatic heterocycles. The van der Waals surface area contributed by atoms with Crippen molar-refractivity contribution in [2.75, 3.05) is 19.7 Å². The third-order valence-electron chi connectivity index (χ3n) is 5.59.